The van der Waals surface area contributed by atoms with Crippen LogP contribution in [0.2, 0.25) is 0 Å². The fourth-order valence-corrected chi connectivity index (χ4v) is 8.56. The Balaban J connectivity index is 1.41. The fraction of sp³-hybridized carbons (Fsp3) is 0.324. The predicted molar refractivity (Wildman–Crippen MR) is 188 cm³/mol. The smallest absolute Gasteiger partial charge is 0.341 e. The summed E-state index contributed by atoms with van der Waals surface area (Å²) in [7, 11) is 0. The summed E-state index contributed by atoms with van der Waals surface area (Å²) < 4.78 is 7.70. The number of aromatic nitrogens is 1. The van der Waals surface area contributed by atoms with Crippen LogP contribution >= 0.6 is 23.1 Å². The number of anilines is 1. The van der Waals surface area contributed by atoms with Crippen molar-refractivity contribution in [2.75, 3.05) is 11.5 Å². The van der Waals surface area contributed by atoms with Gasteiger partial charge in [0.25, 0.3) is 5.91 Å². The third-order valence-electron chi connectivity index (χ3n) is 8.57. The van der Waals surface area contributed by atoms with Crippen molar-refractivity contribution in [2.24, 2.45) is 4.99 Å². The number of hydrogen-bond acceptors (Lipinski definition) is 6. The summed E-state index contributed by atoms with van der Waals surface area (Å²) in [6.45, 7) is 10.6. The first-order chi connectivity index (χ1) is 21.8. The number of aryl methyl sites for hydroxylation is 4. The molecule has 8 heteroatoms. The van der Waals surface area contributed by atoms with E-state index in [-0.39, 0.29) is 11.9 Å². The molecule has 2 aliphatic rings. The van der Waals surface area contributed by atoms with E-state index in [0.717, 1.165) is 77.4 Å². The lowest BCUT2D eigenvalue weighted by Crippen LogP contribution is -2.28. The van der Waals surface area contributed by atoms with Gasteiger partial charge in [0.05, 0.1) is 28.5 Å². The van der Waals surface area contributed by atoms with Gasteiger partial charge >= 0.3 is 5.97 Å². The molecule has 1 fully saturated rings. The molecular formula is C37H39N3O3S2. The highest BCUT2D eigenvalue weighted by molar-refractivity contribution is 8.19. The summed E-state index contributed by atoms with van der Waals surface area (Å²) in [5.41, 5.74) is 8.85. The average molecular weight is 638 g/mol. The number of rotatable bonds is 8. The molecule has 4 aromatic rings. The Hall–Kier alpha value is -3.88. The first kappa shape index (κ1) is 31.1. The molecule has 2 aromatic carbocycles. The summed E-state index contributed by atoms with van der Waals surface area (Å²) in [5.74, 6) is -0.352. The van der Waals surface area contributed by atoms with Gasteiger partial charge in [-0.3, -0.25) is 9.69 Å². The molecule has 0 N–H and O–H groups in total. The van der Waals surface area contributed by atoms with Crippen molar-refractivity contribution in [1.29, 1.82) is 0 Å². The molecule has 1 amide bonds. The molecule has 6 rings (SSSR count). The van der Waals surface area contributed by atoms with E-state index in [0.29, 0.717) is 22.2 Å². The van der Waals surface area contributed by atoms with Crippen LogP contribution in [0.25, 0.3) is 11.1 Å². The number of amides is 1. The molecule has 0 unspecified atom stereocenters. The van der Waals surface area contributed by atoms with Crippen molar-refractivity contribution in [2.45, 2.75) is 73.1 Å². The van der Waals surface area contributed by atoms with Crippen LogP contribution in [0, 0.1) is 13.8 Å². The second kappa shape index (κ2) is 13.2. The zero-order valence-electron chi connectivity index (χ0n) is 26.6. The summed E-state index contributed by atoms with van der Waals surface area (Å²) in [6.07, 6.45) is 7.98. The Morgan fingerprint density at radius 1 is 0.956 bits per heavy atom. The number of carbonyl (C=O) groups excluding carboxylic acids is 2. The van der Waals surface area contributed by atoms with Crippen LogP contribution in [-0.2, 0) is 35.2 Å². The molecule has 0 atom stereocenters. The van der Waals surface area contributed by atoms with Crippen molar-refractivity contribution in [1.82, 2.24) is 4.57 Å². The van der Waals surface area contributed by atoms with E-state index in [1.165, 1.54) is 27.8 Å². The summed E-state index contributed by atoms with van der Waals surface area (Å²) in [5, 5.41) is 1.55. The predicted octanol–water partition coefficient (Wildman–Crippen LogP) is 9.14. The van der Waals surface area contributed by atoms with Gasteiger partial charge in [-0.2, -0.15) is 0 Å². The van der Waals surface area contributed by atoms with Gasteiger partial charge in [-0.15, -0.1) is 11.3 Å². The van der Waals surface area contributed by atoms with Gasteiger partial charge in [-0.1, -0.05) is 38.1 Å². The van der Waals surface area contributed by atoms with Crippen molar-refractivity contribution < 1.29 is 14.3 Å². The number of fused-ring (bicyclic) bond motifs is 1. The van der Waals surface area contributed by atoms with Crippen LogP contribution in [0.15, 0.2) is 64.5 Å². The fourth-order valence-electron chi connectivity index (χ4n) is 6.08. The van der Waals surface area contributed by atoms with Crippen LogP contribution in [0.3, 0.4) is 0 Å². The van der Waals surface area contributed by atoms with Crippen LogP contribution in [0.5, 0.6) is 0 Å². The third-order valence-corrected chi connectivity index (χ3v) is 10.8. The zero-order chi connectivity index (χ0) is 31.7. The lowest BCUT2D eigenvalue weighted by atomic mass is 9.95. The summed E-state index contributed by atoms with van der Waals surface area (Å²) in [6, 6.07) is 18.4. The Bertz CT molecular complexity index is 1810. The number of esters is 1. The number of thioether (sulfide) groups is 1. The van der Waals surface area contributed by atoms with Gasteiger partial charge < -0.3 is 9.30 Å². The number of hydrogen-bond donors (Lipinski definition) is 0. The van der Waals surface area contributed by atoms with Crippen LogP contribution in [-0.4, -0.2) is 28.2 Å². The minimum absolute atomic E-state index is 0.100. The Morgan fingerprint density at radius 3 is 2.29 bits per heavy atom. The average Bonchev–Trinajstić information content (AvgIpc) is 3.67. The standard InChI is InChI=1S/C37H39N3O3S2/c1-6-25-13-17-28(18-14-25)38-37-40(29-19-15-26(7-2)16-20-29)34(41)32(45-37)22-27-21-23(4)39(24(27)5)35-33(36(42)43-8-3)30-11-9-10-12-31(30)44-35/h13-22H,6-12H2,1-5H3/b32-22-,38-37?. The number of amidine groups is 1. The highest BCUT2D eigenvalue weighted by Gasteiger charge is 2.35. The minimum Gasteiger partial charge on any atom is -0.462 e. The first-order valence-corrected chi connectivity index (χ1v) is 17.5. The Labute approximate surface area is 273 Å². The number of ether oxygens (including phenoxy) is 1. The molecule has 0 bridgehead atoms. The van der Waals surface area contributed by atoms with Gasteiger partial charge in [-0.05, 0) is 130 Å². The molecular weight excluding hydrogens is 599 g/mol. The molecule has 232 valence electrons. The van der Waals surface area contributed by atoms with E-state index in [2.05, 4.69) is 62.6 Å². The topological polar surface area (TPSA) is 63.9 Å². The van der Waals surface area contributed by atoms with Crippen LogP contribution in [0.1, 0.15) is 82.5 Å². The quantitative estimate of drug-likeness (QED) is 0.143. The maximum absolute atomic E-state index is 14.1. The Kier molecular flexibility index (Phi) is 9.15. The molecule has 2 aromatic heterocycles. The van der Waals surface area contributed by atoms with Crippen molar-refractivity contribution in [3.8, 4) is 5.00 Å². The zero-order valence-corrected chi connectivity index (χ0v) is 28.2. The molecule has 45 heavy (non-hydrogen) atoms. The number of aliphatic imine (C=N–C) groups is 1. The SMILES string of the molecule is CCOC(=O)c1c(-n2c(C)cc(/C=C3\SC(=Nc4ccc(CC)cc4)N(c4ccc(CC)cc4)C3=O)c2C)sc2c1CCCC2. The van der Waals surface area contributed by atoms with E-state index in [4.69, 9.17) is 9.73 Å². The van der Waals surface area contributed by atoms with E-state index in [9.17, 15) is 9.59 Å². The van der Waals surface area contributed by atoms with E-state index in [1.807, 2.05) is 37.3 Å². The molecule has 1 aliphatic carbocycles. The lowest BCUT2D eigenvalue weighted by molar-refractivity contribution is -0.113. The number of carbonyl (C=O) groups is 2. The van der Waals surface area contributed by atoms with E-state index < -0.39 is 0 Å². The highest BCUT2D eigenvalue weighted by atomic mass is 32.2. The highest BCUT2D eigenvalue weighted by Crippen LogP contribution is 2.41. The normalized spacial score (nSPS) is 16.6. The second-order valence-electron chi connectivity index (χ2n) is 11.5. The van der Waals surface area contributed by atoms with Gasteiger partial charge in [-0.25, -0.2) is 9.79 Å². The van der Waals surface area contributed by atoms with Gasteiger partial charge in [0.2, 0.25) is 0 Å². The molecule has 0 radical (unpaired) electrons. The monoisotopic (exact) mass is 637 g/mol. The maximum Gasteiger partial charge on any atom is 0.341 e. The maximum atomic E-state index is 14.1. The van der Waals surface area contributed by atoms with Crippen LogP contribution < -0.4 is 4.90 Å². The third kappa shape index (κ3) is 6.06. The number of benzene rings is 2. The van der Waals surface area contributed by atoms with Crippen molar-refractivity contribution in [3.63, 3.8) is 0 Å². The second-order valence-corrected chi connectivity index (χ2v) is 13.6. The lowest BCUT2D eigenvalue weighted by Gasteiger charge is -2.16. The molecule has 0 saturated carbocycles. The van der Waals surface area contributed by atoms with Crippen molar-refractivity contribution >= 4 is 57.6 Å². The van der Waals surface area contributed by atoms with E-state index >= 15 is 0 Å². The molecule has 6 nitrogen and oxygen atoms in total. The molecule has 3 heterocycles. The Morgan fingerprint density at radius 2 is 1.62 bits per heavy atom. The molecule has 0 spiro atoms. The minimum atomic E-state index is -0.251. The largest absolute Gasteiger partial charge is 0.462 e. The van der Waals surface area contributed by atoms with E-state index in [1.54, 1.807) is 16.2 Å². The molecule has 1 aliphatic heterocycles. The summed E-state index contributed by atoms with van der Waals surface area (Å²) in [4.78, 5) is 35.9. The summed E-state index contributed by atoms with van der Waals surface area (Å²) >= 11 is 3.10. The number of thiophene rings is 1. The van der Waals surface area contributed by atoms with Crippen LogP contribution in [0.4, 0.5) is 11.4 Å². The van der Waals surface area contributed by atoms with Crippen molar-refractivity contribution in [3.05, 3.63) is 104 Å². The number of nitrogens with zero attached hydrogens (tertiary/aromatic N) is 3. The van der Waals surface area contributed by atoms with Gasteiger partial charge in [0.1, 0.15) is 5.00 Å². The van der Waals surface area contributed by atoms with Gasteiger partial charge in [0.15, 0.2) is 5.17 Å². The molecule has 1 saturated heterocycles. The first-order valence-electron chi connectivity index (χ1n) is 15.8. The van der Waals surface area contributed by atoms with Gasteiger partial charge in [0, 0.05) is 16.3 Å².